The summed E-state index contributed by atoms with van der Waals surface area (Å²) in [5, 5.41) is 33.8. The van der Waals surface area contributed by atoms with Gasteiger partial charge in [-0.15, -0.1) is 0 Å². The Morgan fingerprint density at radius 3 is 2.50 bits per heavy atom. The smallest absolute Gasteiger partial charge is 0.304 e. The number of hydrogen-bond donors (Lipinski definition) is 2. The van der Waals surface area contributed by atoms with Gasteiger partial charge in [-0.25, -0.2) is 0 Å². The minimum absolute atomic E-state index is 0.0852. The van der Waals surface area contributed by atoms with Crippen LogP contribution in [0.4, 0.5) is 17.1 Å². The van der Waals surface area contributed by atoms with E-state index in [-0.39, 0.29) is 17.1 Å². The number of pyridine rings is 1. The zero-order valence-electron chi connectivity index (χ0n) is 9.11. The van der Waals surface area contributed by atoms with Crippen molar-refractivity contribution in [3.8, 4) is 5.75 Å². The molecular weight excluding hydrogens is 238 g/mol. The SMILES string of the molecule is O=[N+]([O-])c1cc[n+]([O-])cc1Nc1ccc(O)cc1. The van der Waals surface area contributed by atoms with Gasteiger partial charge in [-0.2, -0.15) is 4.73 Å². The Labute approximate surface area is 102 Å². The van der Waals surface area contributed by atoms with Crippen LogP contribution in [-0.2, 0) is 0 Å². The Hall–Kier alpha value is -2.83. The molecule has 1 aromatic carbocycles. The fraction of sp³-hybridized carbons (Fsp3) is 0. The molecule has 1 heterocycles. The van der Waals surface area contributed by atoms with Crippen LogP contribution in [0.3, 0.4) is 0 Å². The third kappa shape index (κ3) is 2.46. The average Bonchev–Trinajstić information content (AvgIpc) is 2.32. The number of benzene rings is 1. The van der Waals surface area contributed by atoms with Crippen molar-refractivity contribution >= 4 is 17.1 Å². The lowest BCUT2D eigenvalue weighted by molar-refractivity contribution is -0.605. The van der Waals surface area contributed by atoms with Gasteiger partial charge in [0.05, 0.1) is 11.0 Å². The summed E-state index contributed by atoms with van der Waals surface area (Å²) in [6.07, 6.45) is 2.13. The van der Waals surface area contributed by atoms with Crippen LogP contribution in [0.1, 0.15) is 0 Å². The van der Waals surface area contributed by atoms with Crippen LogP contribution >= 0.6 is 0 Å². The van der Waals surface area contributed by atoms with Crippen LogP contribution < -0.4 is 10.0 Å². The summed E-state index contributed by atoms with van der Waals surface area (Å²) < 4.78 is 0.468. The normalized spacial score (nSPS) is 10.0. The molecule has 0 saturated carbocycles. The summed E-state index contributed by atoms with van der Waals surface area (Å²) in [5.41, 5.74) is 0.417. The zero-order valence-corrected chi connectivity index (χ0v) is 9.11. The van der Waals surface area contributed by atoms with Crippen molar-refractivity contribution < 1.29 is 14.8 Å². The maximum absolute atomic E-state index is 11.1. The molecule has 0 aliphatic rings. The maximum Gasteiger partial charge on any atom is 0.304 e. The molecule has 0 radical (unpaired) electrons. The lowest BCUT2D eigenvalue weighted by atomic mass is 10.2. The summed E-state index contributed by atoms with van der Waals surface area (Å²) in [6.45, 7) is 0. The highest BCUT2D eigenvalue weighted by Crippen LogP contribution is 2.26. The van der Waals surface area contributed by atoms with Gasteiger partial charge >= 0.3 is 5.69 Å². The van der Waals surface area contributed by atoms with Gasteiger partial charge in [-0.1, -0.05) is 0 Å². The van der Waals surface area contributed by atoms with Crippen LogP contribution in [0, 0.1) is 15.3 Å². The number of nitro groups is 1. The molecule has 0 spiro atoms. The van der Waals surface area contributed by atoms with E-state index in [4.69, 9.17) is 5.11 Å². The first kappa shape index (κ1) is 11.6. The van der Waals surface area contributed by atoms with Gasteiger partial charge in [-0.3, -0.25) is 10.1 Å². The van der Waals surface area contributed by atoms with Gasteiger partial charge in [0.2, 0.25) is 6.20 Å². The molecular formula is C11H9N3O4. The number of rotatable bonds is 3. The van der Waals surface area contributed by atoms with Crippen LogP contribution in [0.15, 0.2) is 42.7 Å². The van der Waals surface area contributed by atoms with Crippen molar-refractivity contribution in [2.45, 2.75) is 0 Å². The molecule has 0 aliphatic carbocycles. The molecule has 0 unspecified atom stereocenters. The monoisotopic (exact) mass is 247 g/mol. The first-order chi connectivity index (χ1) is 8.56. The third-order valence-electron chi connectivity index (χ3n) is 2.25. The Balaban J connectivity index is 2.35. The quantitative estimate of drug-likeness (QED) is 0.282. The average molecular weight is 247 g/mol. The number of aromatic nitrogens is 1. The second-order valence-corrected chi connectivity index (χ2v) is 3.53. The molecule has 7 nitrogen and oxygen atoms in total. The van der Waals surface area contributed by atoms with Crippen LogP contribution in [0.25, 0.3) is 0 Å². The van der Waals surface area contributed by atoms with Crippen molar-refractivity contribution in [3.63, 3.8) is 0 Å². The first-order valence-electron chi connectivity index (χ1n) is 4.99. The number of aromatic hydroxyl groups is 1. The molecule has 0 amide bonds. The van der Waals surface area contributed by atoms with Crippen molar-refractivity contribution in [1.29, 1.82) is 0 Å². The predicted octanol–water partition coefficient (Wildman–Crippen LogP) is 1.68. The number of phenols is 1. The Bertz CT molecular complexity index is 583. The van der Waals surface area contributed by atoms with Crippen LogP contribution in [0.2, 0.25) is 0 Å². The summed E-state index contributed by atoms with van der Waals surface area (Å²) in [4.78, 5) is 10.2. The number of hydrogen-bond acceptors (Lipinski definition) is 5. The topological polar surface area (TPSA) is 102 Å². The maximum atomic E-state index is 11.1. The second-order valence-electron chi connectivity index (χ2n) is 3.53. The standard InChI is InChI=1S/C11H9N3O4/c15-9-3-1-8(2-4-9)12-10-7-13(16)6-5-11(10)14(17)18/h1-7,12,15H. The molecule has 2 N–H and O–H groups in total. The molecule has 0 bridgehead atoms. The zero-order chi connectivity index (χ0) is 13.1. The largest absolute Gasteiger partial charge is 0.619 e. The molecule has 1 aromatic heterocycles. The van der Waals surface area contributed by atoms with E-state index in [1.165, 1.54) is 12.1 Å². The summed E-state index contributed by atoms with van der Waals surface area (Å²) >= 11 is 0. The lowest BCUT2D eigenvalue weighted by Crippen LogP contribution is -2.25. The van der Waals surface area contributed by atoms with Crippen molar-refractivity contribution in [2.24, 2.45) is 0 Å². The van der Waals surface area contributed by atoms with Gasteiger partial charge in [-0.05, 0) is 24.3 Å². The molecule has 0 fully saturated rings. The Morgan fingerprint density at radius 2 is 1.89 bits per heavy atom. The van der Waals surface area contributed by atoms with Gasteiger partial charge in [0, 0.05) is 5.69 Å². The number of phenolic OH excluding ortho intramolecular Hbond substituents is 1. The van der Waals surface area contributed by atoms with Gasteiger partial charge in [0.1, 0.15) is 5.75 Å². The van der Waals surface area contributed by atoms with Crippen LogP contribution in [0.5, 0.6) is 5.75 Å². The molecule has 7 heteroatoms. The fourth-order valence-corrected chi connectivity index (χ4v) is 1.43. The third-order valence-corrected chi connectivity index (χ3v) is 2.25. The van der Waals surface area contributed by atoms with E-state index in [1.54, 1.807) is 12.1 Å². The van der Waals surface area contributed by atoms with E-state index in [0.29, 0.717) is 10.4 Å². The molecule has 2 rings (SSSR count). The molecule has 18 heavy (non-hydrogen) atoms. The highest BCUT2D eigenvalue weighted by molar-refractivity contribution is 5.67. The minimum Gasteiger partial charge on any atom is -0.619 e. The molecule has 0 atom stereocenters. The van der Waals surface area contributed by atoms with E-state index in [9.17, 15) is 15.3 Å². The highest BCUT2D eigenvalue weighted by atomic mass is 16.6. The van der Waals surface area contributed by atoms with E-state index in [1.807, 2.05) is 0 Å². The number of anilines is 2. The Morgan fingerprint density at radius 1 is 1.22 bits per heavy atom. The number of nitrogens with one attached hydrogen (secondary N) is 1. The minimum atomic E-state index is -0.581. The van der Waals surface area contributed by atoms with Crippen molar-refractivity contribution in [1.82, 2.24) is 0 Å². The van der Waals surface area contributed by atoms with Gasteiger partial charge in [0.25, 0.3) is 0 Å². The van der Waals surface area contributed by atoms with Gasteiger partial charge < -0.3 is 15.6 Å². The van der Waals surface area contributed by atoms with Gasteiger partial charge in [0.15, 0.2) is 11.9 Å². The summed E-state index contributed by atoms with van der Waals surface area (Å²) in [6, 6.07) is 7.07. The molecule has 0 saturated heterocycles. The van der Waals surface area contributed by atoms with E-state index in [2.05, 4.69) is 5.32 Å². The Kier molecular flexibility index (Phi) is 2.96. The molecule has 92 valence electrons. The second kappa shape index (κ2) is 4.58. The van der Waals surface area contributed by atoms with E-state index in [0.717, 1.165) is 18.5 Å². The van der Waals surface area contributed by atoms with E-state index >= 15 is 0 Å². The van der Waals surface area contributed by atoms with Crippen LogP contribution in [-0.4, -0.2) is 10.0 Å². The summed E-state index contributed by atoms with van der Waals surface area (Å²) in [5.74, 6) is 0.0852. The number of nitrogens with zero attached hydrogens (tertiary/aromatic N) is 2. The highest BCUT2D eigenvalue weighted by Gasteiger charge is 2.17. The molecule has 2 aromatic rings. The summed E-state index contributed by atoms with van der Waals surface area (Å²) in [7, 11) is 0. The fourth-order valence-electron chi connectivity index (χ4n) is 1.43. The van der Waals surface area contributed by atoms with Crippen molar-refractivity contribution in [2.75, 3.05) is 5.32 Å². The lowest BCUT2D eigenvalue weighted by Gasteiger charge is -2.06. The van der Waals surface area contributed by atoms with E-state index < -0.39 is 4.92 Å². The molecule has 0 aliphatic heterocycles. The van der Waals surface area contributed by atoms with Crippen molar-refractivity contribution in [3.05, 3.63) is 58.0 Å². The first-order valence-corrected chi connectivity index (χ1v) is 4.99. The predicted molar refractivity (Wildman–Crippen MR) is 63.4 cm³/mol.